The van der Waals surface area contributed by atoms with E-state index >= 15 is 0 Å². The summed E-state index contributed by atoms with van der Waals surface area (Å²) in [6, 6.07) is 8.46. The van der Waals surface area contributed by atoms with Gasteiger partial charge in [0.2, 0.25) is 0 Å². The van der Waals surface area contributed by atoms with Crippen molar-refractivity contribution in [2.45, 2.75) is 38.6 Å². The fraction of sp³-hybridized carbons (Fsp3) is 0.571. The van der Waals surface area contributed by atoms with E-state index in [-0.39, 0.29) is 6.04 Å². The highest BCUT2D eigenvalue weighted by Crippen LogP contribution is 2.40. The molecule has 0 heterocycles. The second-order valence-corrected chi connectivity index (χ2v) is 4.72. The third-order valence-electron chi connectivity index (χ3n) is 3.52. The molecule has 1 aromatic carbocycles. The Labute approximate surface area is 103 Å². The predicted molar refractivity (Wildman–Crippen MR) is 69.6 cm³/mol. The lowest BCUT2D eigenvalue weighted by Crippen LogP contribution is -2.36. The summed E-state index contributed by atoms with van der Waals surface area (Å²) in [5, 5.41) is 0. The molecule has 0 spiro atoms. The van der Waals surface area contributed by atoms with Crippen LogP contribution in [0.4, 0.5) is 0 Å². The van der Waals surface area contributed by atoms with Crippen LogP contribution in [0.3, 0.4) is 0 Å². The third kappa shape index (κ3) is 2.79. The molecule has 1 fully saturated rings. The van der Waals surface area contributed by atoms with Crippen molar-refractivity contribution in [2.75, 3.05) is 6.61 Å². The van der Waals surface area contributed by atoms with Crippen LogP contribution in [0.25, 0.3) is 0 Å². The van der Waals surface area contributed by atoms with Crippen molar-refractivity contribution >= 4 is 0 Å². The average molecular weight is 234 g/mol. The summed E-state index contributed by atoms with van der Waals surface area (Å²) in [4.78, 5) is 0. The molecular formula is C14H22N2O. The van der Waals surface area contributed by atoms with E-state index in [2.05, 4.69) is 24.5 Å². The molecule has 1 unspecified atom stereocenters. The van der Waals surface area contributed by atoms with Gasteiger partial charge in [-0.3, -0.25) is 11.3 Å². The van der Waals surface area contributed by atoms with Gasteiger partial charge < -0.3 is 4.74 Å². The van der Waals surface area contributed by atoms with Crippen LogP contribution in [0, 0.1) is 5.92 Å². The molecule has 0 radical (unpaired) electrons. The van der Waals surface area contributed by atoms with Crippen LogP contribution in [-0.2, 0) is 0 Å². The maximum Gasteiger partial charge on any atom is 0.124 e. The van der Waals surface area contributed by atoms with E-state index in [0.29, 0.717) is 5.92 Å². The Morgan fingerprint density at radius 1 is 1.41 bits per heavy atom. The molecule has 1 aliphatic carbocycles. The Bertz CT molecular complexity index is 350. The largest absolute Gasteiger partial charge is 0.493 e. The van der Waals surface area contributed by atoms with E-state index in [9.17, 15) is 0 Å². The van der Waals surface area contributed by atoms with E-state index in [0.717, 1.165) is 18.8 Å². The molecule has 0 aliphatic heterocycles. The van der Waals surface area contributed by atoms with Gasteiger partial charge in [-0.2, -0.15) is 0 Å². The van der Waals surface area contributed by atoms with Crippen LogP contribution >= 0.6 is 0 Å². The molecule has 17 heavy (non-hydrogen) atoms. The molecule has 1 aliphatic rings. The van der Waals surface area contributed by atoms with Crippen molar-refractivity contribution < 1.29 is 4.74 Å². The zero-order valence-electron chi connectivity index (χ0n) is 10.5. The Balaban J connectivity index is 2.16. The minimum atomic E-state index is 0.233. The second kappa shape index (κ2) is 6.03. The Morgan fingerprint density at radius 2 is 2.18 bits per heavy atom. The average Bonchev–Trinajstić information content (AvgIpc) is 2.31. The number of nitrogens with one attached hydrogen (secondary N) is 1. The smallest absolute Gasteiger partial charge is 0.124 e. The summed E-state index contributed by atoms with van der Waals surface area (Å²) in [6.45, 7) is 2.88. The highest BCUT2D eigenvalue weighted by atomic mass is 16.5. The van der Waals surface area contributed by atoms with Gasteiger partial charge in [0.25, 0.3) is 0 Å². The first-order valence-corrected chi connectivity index (χ1v) is 6.54. The SMILES string of the molecule is CCCOc1ccccc1C(NN)C1CCC1. The van der Waals surface area contributed by atoms with E-state index in [4.69, 9.17) is 10.6 Å². The summed E-state index contributed by atoms with van der Waals surface area (Å²) in [5.41, 5.74) is 4.16. The molecule has 0 amide bonds. The highest BCUT2D eigenvalue weighted by molar-refractivity contribution is 5.36. The van der Waals surface area contributed by atoms with Gasteiger partial charge in [-0.15, -0.1) is 0 Å². The normalized spacial score (nSPS) is 17.5. The quantitative estimate of drug-likeness (QED) is 0.587. The summed E-state index contributed by atoms with van der Waals surface area (Å²) < 4.78 is 5.79. The van der Waals surface area contributed by atoms with Gasteiger partial charge in [-0.25, -0.2) is 0 Å². The van der Waals surface area contributed by atoms with E-state index in [1.54, 1.807) is 0 Å². The van der Waals surface area contributed by atoms with Crippen LogP contribution < -0.4 is 16.0 Å². The fourth-order valence-corrected chi connectivity index (χ4v) is 2.33. The minimum absolute atomic E-state index is 0.233. The molecule has 2 rings (SSSR count). The summed E-state index contributed by atoms with van der Waals surface area (Å²) in [5.74, 6) is 7.34. The van der Waals surface area contributed by atoms with Crippen LogP contribution in [0.2, 0.25) is 0 Å². The van der Waals surface area contributed by atoms with Gasteiger partial charge in [0.15, 0.2) is 0 Å². The molecule has 0 aromatic heterocycles. The summed E-state index contributed by atoms with van der Waals surface area (Å²) in [7, 11) is 0. The Hall–Kier alpha value is -1.06. The van der Waals surface area contributed by atoms with Crippen LogP contribution in [0.1, 0.15) is 44.2 Å². The minimum Gasteiger partial charge on any atom is -0.493 e. The van der Waals surface area contributed by atoms with E-state index in [1.165, 1.54) is 24.8 Å². The number of rotatable bonds is 6. The molecule has 1 aromatic rings. The lowest BCUT2D eigenvalue weighted by molar-refractivity contribution is 0.224. The molecule has 94 valence electrons. The number of hydrazine groups is 1. The third-order valence-corrected chi connectivity index (χ3v) is 3.52. The molecular weight excluding hydrogens is 212 g/mol. The first-order chi connectivity index (χ1) is 8.36. The van der Waals surface area contributed by atoms with Crippen molar-refractivity contribution in [1.82, 2.24) is 5.43 Å². The fourth-order valence-electron chi connectivity index (χ4n) is 2.33. The Kier molecular flexibility index (Phi) is 4.40. The summed E-state index contributed by atoms with van der Waals surface area (Å²) >= 11 is 0. The molecule has 0 bridgehead atoms. The van der Waals surface area contributed by atoms with Crippen LogP contribution in [-0.4, -0.2) is 6.61 Å². The lowest BCUT2D eigenvalue weighted by Gasteiger charge is -2.34. The number of hydrogen-bond acceptors (Lipinski definition) is 3. The second-order valence-electron chi connectivity index (χ2n) is 4.72. The van der Waals surface area contributed by atoms with Gasteiger partial charge in [-0.1, -0.05) is 31.5 Å². The zero-order chi connectivity index (χ0) is 12.1. The number of para-hydroxylation sites is 1. The van der Waals surface area contributed by atoms with Gasteiger partial charge in [-0.05, 0) is 31.2 Å². The van der Waals surface area contributed by atoms with Gasteiger partial charge >= 0.3 is 0 Å². The van der Waals surface area contributed by atoms with Gasteiger partial charge in [0.05, 0.1) is 12.6 Å². The maximum absolute atomic E-state index is 5.79. The molecule has 3 heteroatoms. The predicted octanol–water partition coefficient (Wildman–Crippen LogP) is 2.78. The zero-order valence-corrected chi connectivity index (χ0v) is 10.5. The molecule has 3 nitrogen and oxygen atoms in total. The molecule has 0 saturated heterocycles. The standard InChI is InChI=1S/C14H22N2O/c1-2-10-17-13-9-4-3-8-12(13)14(16-15)11-6-5-7-11/h3-4,8-9,11,14,16H,2,5-7,10,15H2,1H3. The number of nitrogens with two attached hydrogens (primary N) is 1. The van der Waals surface area contributed by atoms with Gasteiger partial charge in [0, 0.05) is 5.56 Å². The molecule has 3 N–H and O–H groups in total. The van der Waals surface area contributed by atoms with Crippen LogP contribution in [0.5, 0.6) is 5.75 Å². The highest BCUT2D eigenvalue weighted by Gasteiger charge is 2.29. The first-order valence-electron chi connectivity index (χ1n) is 6.54. The van der Waals surface area contributed by atoms with E-state index in [1.807, 2.05) is 12.1 Å². The molecule has 1 saturated carbocycles. The van der Waals surface area contributed by atoms with Crippen LogP contribution in [0.15, 0.2) is 24.3 Å². The number of hydrogen-bond donors (Lipinski definition) is 2. The number of benzene rings is 1. The first kappa shape index (κ1) is 12.4. The van der Waals surface area contributed by atoms with Crippen molar-refractivity contribution in [2.24, 2.45) is 11.8 Å². The maximum atomic E-state index is 5.79. The Morgan fingerprint density at radius 3 is 2.76 bits per heavy atom. The van der Waals surface area contributed by atoms with Crippen molar-refractivity contribution in [3.63, 3.8) is 0 Å². The van der Waals surface area contributed by atoms with Crippen molar-refractivity contribution in [1.29, 1.82) is 0 Å². The van der Waals surface area contributed by atoms with E-state index < -0.39 is 0 Å². The lowest BCUT2D eigenvalue weighted by atomic mass is 9.77. The van der Waals surface area contributed by atoms with Crippen molar-refractivity contribution in [3.8, 4) is 5.75 Å². The van der Waals surface area contributed by atoms with Gasteiger partial charge in [0.1, 0.15) is 5.75 Å². The molecule has 1 atom stereocenters. The monoisotopic (exact) mass is 234 g/mol. The topological polar surface area (TPSA) is 47.3 Å². The number of ether oxygens (including phenoxy) is 1. The summed E-state index contributed by atoms with van der Waals surface area (Å²) in [6.07, 6.45) is 4.87. The van der Waals surface area contributed by atoms with Crippen molar-refractivity contribution in [3.05, 3.63) is 29.8 Å².